The summed E-state index contributed by atoms with van der Waals surface area (Å²) in [4.78, 5) is 23.4. The van der Waals surface area contributed by atoms with Crippen LogP contribution >= 0.6 is 0 Å². The molecule has 2 N–H and O–H groups in total. The standard InChI is InChI=1S/C15H15N5O2/c1-9-13(18-8-17-9)7-16-14(21)11-3-5-12(6-4-11)15-19-10(2)20-22-15/h3-6,8H,7H2,1-2H3,(H,16,21)(H,17,18). The van der Waals surface area contributed by atoms with Gasteiger partial charge in [-0.1, -0.05) is 5.16 Å². The van der Waals surface area contributed by atoms with E-state index < -0.39 is 0 Å². The minimum Gasteiger partial charge on any atom is -0.348 e. The molecule has 3 rings (SSSR count). The Morgan fingerprint density at radius 1 is 1.27 bits per heavy atom. The Kier molecular flexibility index (Phi) is 3.69. The van der Waals surface area contributed by atoms with Crippen molar-refractivity contribution in [2.24, 2.45) is 0 Å². The summed E-state index contributed by atoms with van der Waals surface area (Å²) in [5, 5.41) is 6.57. The lowest BCUT2D eigenvalue weighted by Gasteiger charge is -2.04. The molecule has 112 valence electrons. The summed E-state index contributed by atoms with van der Waals surface area (Å²) in [7, 11) is 0. The normalized spacial score (nSPS) is 10.6. The van der Waals surface area contributed by atoms with Crippen LogP contribution in [0.4, 0.5) is 0 Å². The smallest absolute Gasteiger partial charge is 0.257 e. The lowest BCUT2D eigenvalue weighted by Crippen LogP contribution is -2.23. The minimum absolute atomic E-state index is 0.157. The molecule has 0 fully saturated rings. The van der Waals surface area contributed by atoms with Gasteiger partial charge in [-0.15, -0.1) is 0 Å². The van der Waals surface area contributed by atoms with Crippen LogP contribution in [0.5, 0.6) is 0 Å². The van der Waals surface area contributed by atoms with E-state index in [4.69, 9.17) is 4.52 Å². The van der Waals surface area contributed by atoms with Crippen LogP contribution in [0.1, 0.15) is 27.6 Å². The number of aryl methyl sites for hydroxylation is 2. The number of aromatic amines is 1. The molecule has 2 aromatic heterocycles. The molecule has 0 aliphatic rings. The van der Waals surface area contributed by atoms with Crippen LogP contribution in [-0.4, -0.2) is 26.0 Å². The van der Waals surface area contributed by atoms with Gasteiger partial charge >= 0.3 is 0 Å². The topological polar surface area (TPSA) is 96.7 Å². The lowest BCUT2D eigenvalue weighted by atomic mass is 10.1. The number of imidazole rings is 1. The number of aromatic nitrogens is 4. The van der Waals surface area contributed by atoms with E-state index in [1.807, 2.05) is 6.92 Å². The van der Waals surface area contributed by atoms with Crippen LogP contribution in [0.3, 0.4) is 0 Å². The second-order valence-corrected chi connectivity index (χ2v) is 4.88. The van der Waals surface area contributed by atoms with Gasteiger partial charge in [0, 0.05) is 16.8 Å². The SMILES string of the molecule is Cc1noc(-c2ccc(C(=O)NCc3nc[nH]c3C)cc2)n1. The van der Waals surface area contributed by atoms with Crippen molar-refractivity contribution >= 4 is 5.91 Å². The summed E-state index contributed by atoms with van der Waals surface area (Å²) in [6.45, 7) is 4.06. The van der Waals surface area contributed by atoms with Gasteiger partial charge in [0.25, 0.3) is 11.8 Å². The molecule has 7 heteroatoms. The third-order valence-corrected chi connectivity index (χ3v) is 3.27. The Bertz CT molecular complexity index is 788. The molecule has 0 unspecified atom stereocenters. The highest BCUT2D eigenvalue weighted by atomic mass is 16.5. The van der Waals surface area contributed by atoms with Gasteiger partial charge in [-0.3, -0.25) is 4.79 Å². The molecule has 3 aromatic rings. The van der Waals surface area contributed by atoms with Crippen LogP contribution in [0.2, 0.25) is 0 Å². The molecule has 2 heterocycles. The first-order valence-electron chi connectivity index (χ1n) is 6.81. The first-order chi connectivity index (χ1) is 10.6. The van der Waals surface area contributed by atoms with Crippen LogP contribution in [0.25, 0.3) is 11.5 Å². The largest absolute Gasteiger partial charge is 0.348 e. The van der Waals surface area contributed by atoms with Crippen molar-refractivity contribution in [2.75, 3.05) is 0 Å². The van der Waals surface area contributed by atoms with E-state index in [-0.39, 0.29) is 5.91 Å². The van der Waals surface area contributed by atoms with Gasteiger partial charge in [0.1, 0.15) is 0 Å². The van der Waals surface area contributed by atoms with Gasteiger partial charge < -0.3 is 14.8 Å². The monoisotopic (exact) mass is 297 g/mol. The minimum atomic E-state index is -0.157. The summed E-state index contributed by atoms with van der Waals surface area (Å²) in [5.74, 6) is 0.860. The second kappa shape index (κ2) is 5.80. The number of hydrogen-bond acceptors (Lipinski definition) is 5. The fourth-order valence-corrected chi connectivity index (χ4v) is 2.01. The fourth-order valence-electron chi connectivity index (χ4n) is 2.01. The molecule has 0 saturated carbocycles. The van der Waals surface area contributed by atoms with Crippen LogP contribution in [0.15, 0.2) is 35.1 Å². The molecule has 0 atom stereocenters. The summed E-state index contributed by atoms with van der Waals surface area (Å²) in [5.41, 5.74) is 3.11. The number of benzene rings is 1. The molecule has 0 spiro atoms. The third-order valence-electron chi connectivity index (χ3n) is 3.27. The predicted molar refractivity (Wildman–Crippen MR) is 79.0 cm³/mol. The number of nitrogens with zero attached hydrogens (tertiary/aromatic N) is 3. The van der Waals surface area contributed by atoms with Crippen molar-refractivity contribution in [1.29, 1.82) is 0 Å². The van der Waals surface area contributed by atoms with Gasteiger partial charge in [0.2, 0.25) is 0 Å². The maximum Gasteiger partial charge on any atom is 0.257 e. The van der Waals surface area contributed by atoms with Crippen molar-refractivity contribution in [1.82, 2.24) is 25.4 Å². The number of carbonyl (C=O) groups is 1. The van der Waals surface area contributed by atoms with E-state index in [9.17, 15) is 4.79 Å². The van der Waals surface area contributed by atoms with E-state index in [1.165, 1.54) is 0 Å². The van der Waals surface area contributed by atoms with Crippen molar-refractivity contribution in [2.45, 2.75) is 20.4 Å². The van der Waals surface area contributed by atoms with E-state index in [0.717, 1.165) is 17.0 Å². The fraction of sp³-hybridized carbons (Fsp3) is 0.200. The Balaban J connectivity index is 1.67. The summed E-state index contributed by atoms with van der Waals surface area (Å²) >= 11 is 0. The highest BCUT2D eigenvalue weighted by molar-refractivity contribution is 5.94. The molecule has 1 aromatic carbocycles. The predicted octanol–water partition coefficient (Wildman–Crippen LogP) is 2.01. The molecule has 0 radical (unpaired) electrons. The number of nitrogens with one attached hydrogen (secondary N) is 2. The molecule has 0 bridgehead atoms. The third kappa shape index (κ3) is 2.88. The number of hydrogen-bond donors (Lipinski definition) is 2. The quantitative estimate of drug-likeness (QED) is 0.767. The van der Waals surface area contributed by atoms with E-state index in [1.54, 1.807) is 37.5 Å². The number of rotatable bonds is 4. The van der Waals surface area contributed by atoms with Gasteiger partial charge in [0.15, 0.2) is 5.82 Å². The maximum atomic E-state index is 12.1. The average molecular weight is 297 g/mol. The van der Waals surface area contributed by atoms with Gasteiger partial charge in [-0.25, -0.2) is 4.98 Å². The molecular weight excluding hydrogens is 282 g/mol. The van der Waals surface area contributed by atoms with Crippen LogP contribution in [0, 0.1) is 13.8 Å². The highest BCUT2D eigenvalue weighted by Crippen LogP contribution is 2.17. The maximum absolute atomic E-state index is 12.1. The van der Waals surface area contributed by atoms with Crippen molar-refractivity contribution < 1.29 is 9.32 Å². The van der Waals surface area contributed by atoms with Crippen LogP contribution < -0.4 is 5.32 Å². The average Bonchev–Trinajstić information content (AvgIpc) is 3.13. The van der Waals surface area contributed by atoms with E-state index in [0.29, 0.717) is 23.8 Å². The molecule has 0 saturated heterocycles. The van der Waals surface area contributed by atoms with E-state index in [2.05, 4.69) is 25.4 Å². The molecule has 0 aliphatic heterocycles. The Hall–Kier alpha value is -2.96. The molecule has 1 amide bonds. The molecule has 0 aliphatic carbocycles. The van der Waals surface area contributed by atoms with Crippen LogP contribution in [-0.2, 0) is 6.54 Å². The van der Waals surface area contributed by atoms with Gasteiger partial charge in [-0.2, -0.15) is 4.98 Å². The lowest BCUT2D eigenvalue weighted by molar-refractivity contribution is 0.0950. The van der Waals surface area contributed by atoms with E-state index >= 15 is 0 Å². The molecule has 7 nitrogen and oxygen atoms in total. The number of carbonyl (C=O) groups excluding carboxylic acids is 1. The van der Waals surface area contributed by atoms with Gasteiger partial charge in [-0.05, 0) is 38.1 Å². The van der Waals surface area contributed by atoms with Crippen molar-refractivity contribution in [3.63, 3.8) is 0 Å². The van der Waals surface area contributed by atoms with Gasteiger partial charge in [0.05, 0.1) is 18.6 Å². The Labute approximate surface area is 126 Å². The zero-order chi connectivity index (χ0) is 15.5. The summed E-state index contributed by atoms with van der Waals surface area (Å²) in [6.07, 6.45) is 1.61. The Morgan fingerprint density at radius 2 is 2.05 bits per heavy atom. The Morgan fingerprint density at radius 3 is 2.64 bits per heavy atom. The number of H-pyrrole nitrogens is 1. The first kappa shape index (κ1) is 14.0. The van der Waals surface area contributed by atoms with Crippen molar-refractivity contribution in [3.8, 4) is 11.5 Å². The molecular formula is C15H15N5O2. The molecule has 22 heavy (non-hydrogen) atoms. The zero-order valence-electron chi connectivity index (χ0n) is 12.3. The summed E-state index contributed by atoms with van der Waals surface area (Å²) < 4.78 is 5.09. The van der Waals surface area contributed by atoms with Crippen molar-refractivity contribution in [3.05, 3.63) is 53.4 Å². The first-order valence-corrected chi connectivity index (χ1v) is 6.81. The zero-order valence-corrected chi connectivity index (χ0v) is 12.3. The summed E-state index contributed by atoms with van der Waals surface area (Å²) in [6, 6.07) is 7.01. The number of amides is 1. The second-order valence-electron chi connectivity index (χ2n) is 4.88. The highest BCUT2D eigenvalue weighted by Gasteiger charge is 2.10.